The van der Waals surface area contributed by atoms with E-state index in [1.807, 2.05) is 6.92 Å². The molecule has 0 saturated carbocycles. The number of amides is 2. The van der Waals surface area contributed by atoms with Gasteiger partial charge in [-0.05, 0) is 49.4 Å². The molecule has 2 N–H and O–H groups in total. The van der Waals surface area contributed by atoms with Crippen molar-refractivity contribution in [2.24, 2.45) is 0 Å². The quantitative estimate of drug-likeness (QED) is 0.612. The van der Waals surface area contributed by atoms with E-state index in [1.165, 1.54) is 48.8 Å². The number of halogens is 1. The number of aryl methyl sites for hydroxylation is 1. The second-order valence-electron chi connectivity index (χ2n) is 5.94. The summed E-state index contributed by atoms with van der Waals surface area (Å²) in [6.45, 7) is 1.62. The van der Waals surface area contributed by atoms with E-state index in [0.717, 1.165) is 4.88 Å². The molecule has 2 aromatic carbocycles. The fraction of sp³-hybridized carbons (Fsp3) is 0.150. The standard InChI is InChI=1S/C20H18FN3O4S/c1-12-10-22-20(29-12)24-19(26)13-3-8-16(17(9-13)27-2)28-11-18(25)23-15-6-4-14(21)5-7-15/h3-10H,11H2,1-2H3,(H,23,25)(H,22,24,26). The van der Waals surface area contributed by atoms with Gasteiger partial charge < -0.3 is 14.8 Å². The molecule has 0 unspecified atom stereocenters. The number of nitrogens with zero attached hydrogens (tertiary/aromatic N) is 1. The summed E-state index contributed by atoms with van der Waals surface area (Å²) >= 11 is 1.37. The maximum Gasteiger partial charge on any atom is 0.262 e. The topological polar surface area (TPSA) is 89.6 Å². The maximum absolute atomic E-state index is 12.9. The third-order valence-corrected chi connectivity index (χ3v) is 4.58. The molecular weight excluding hydrogens is 397 g/mol. The zero-order valence-corrected chi connectivity index (χ0v) is 16.5. The first-order valence-electron chi connectivity index (χ1n) is 8.54. The Balaban J connectivity index is 1.61. The lowest BCUT2D eigenvalue weighted by atomic mass is 10.2. The van der Waals surface area contributed by atoms with Crippen LogP contribution in [-0.4, -0.2) is 30.5 Å². The average molecular weight is 415 g/mol. The highest BCUT2D eigenvalue weighted by Crippen LogP contribution is 2.28. The van der Waals surface area contributed by atoms with Gasteiger partial charge in [-0.1, -0.05) is 0 Å². The lowest BCUT2D eigenvalue weighted by Gasteiger charge is -2.12. The predicted octanol–water partition coefficient (Wildman–Crippen LogP) is 3.87. The van der Waals surface area contributed by atoms with Gasteiger partial charge in [0, 0.05) is 22.3 Å². The van der Waals surface area contributed by atoms with Gasteiger partial charge in [-0.2, -0.15) is 0 Å². The molecule has 150 valence electrons. The number of methoxy groups -OCH3 is 1. The first-order valence-corrected chi connectivity index (χ1v) is 9.36. The van der Waals surface area contributed by atoms with Crippen LogP contribution < -0.4 is 20.1 Å². The summed E-state index contributed by atoms with van der Waals surface area (Å²) < 4.78 is 23.7. The zero-order chi connectivity index (χ0) is 20.8. The Labute approximate surface area is 170 Å². The van der Waals surface area contributed by atoms with Crippen molar-refractivity contribution in [3.05, 3.63) is 64.9 Å². The number of carbonyl (C=O) groups is 2. The van der Waals surface area contributed by atoms with E-state index in [-0.39, 0.29) is 12.5 Å². The van der Waals surface area contributed by atoms with Crippen molar-refractivity contribution in [2.75, 3.05) is 24.4 Å². The number of ether oxygens (including phenoxy) is 2. The van der Waals surface area contributed by atoms with Crippen LogP contribution in [0.5, 0.6) is 11.5 Å². The van der Waals surface area contributed by atoms with E-state index in [4.69, 9.17) is 9.47 Å². The Bertz CT molecular complexity index is 1020. The van der Waals surface area contributed by atoms with Gasteiger partial charge in [-0.3, -0.25) is 14.9 Å². The largest absolute Gasteiger partial charge is 0.493 e. The molecular formula is C20H18FN3O4S. The minimum Gasteiger partial charge on any atom is -0.493 e. The third kappa shape index (κ3) is 5.52. The van der Waals surface area contributed by atoms with Crippen molar-refractivity contribution in [2.45, 2.75) is 6.92 Å². The number of hydrogen-bond donors (Lipinski definition) is 2. The minimum atomic E-state index is -0.417. The lowest BCUT2D eigenvalue weighted by Crippen LogP contribution is -2.20. The monoisotopic (exact) mass is 415 g/mol. The highest BCUT2D eigenvalue weighted by atomic mass is 32.1. The van der Waals surface area contributed by atoms with Crippen molar-refractivity contribution in [3.63, 3.8) is 0 Å². The Hall–Kier alpha value is -3.46. The molecule has 0 spiro atoms. The van der Waals surface area contributed by atoms with Crippen LogP contribution in [0.4, 0.5) is 15.2 Å². The lowest BCUT2D eigenvalue weighted by molar-refractivity contribution is -0.118. The van der Waals surface area contributed by atoms with Crippen molar-refractivity contribution in [1.82, 2.24) is 4.98 Å². The molecule has 0 saturated heterocycles. The van der Waals surface area contributed by atoms with Crippen molar-refractivity contribution < 1.29 is 23.5 Å². The Morgan fingerprint density at radius 1 is 1.10 bits per heavy atom. The number of carbonyl (C=O) groups excluding carboxylic acids is 2. The van der Waals surface area contributed by atoms with Crippen LogP contribution in [-0.2, 0) is 4.79 Å². The van der Waals surface area contributed by atoms with E-state index in [2.05, 4.69) is 15.6 Å². The van der Waals surface area contributed by atoms with Crippen LogP contribution in [0, 0.1) is 12.7 Å². The molecule has 0 fully saturated rings. The minimum absolute atomic E-state index is 0.280. The Kier molecular flexibility index (Phi) is 6.40. The van der Waals surface area contributed by atoms with Crippen LogP contribution in [0.25, 0.3) is 0 Å². The van der Waals surface area contributed by atoms with Crippen LogP contribution in [0.3, 0.4) is 0 Å². The van der Waals surface area contributed by atoms with Crippen molar-refractivity contribution in [3.8, 4) is 11.5 Å². The molecule has 0 aliphatic heterocycles. The number of anilines is 2. The van der Waals surface area contributed by atoms with E-state index in [1.54, 1.807) is 18.3 Å². The molecule has 7 nitrogen and oxygen atoms in total. The van der Waals surface area contributed by atoms with Gasteiger partial charge in [0.25, 0.3) is 11.8 Å². The van der Waals surface area contributed by atoms with E-state index in [0.29, 0.717) is 27.9 Å². The number of rotatable bonds is 7. The summed E-state index contributed by atoms with van der Waals surface area (Å²) in [5.41, 5.74) is 0.814. The summed E-state index contributed by atoms with van der Waals surface area (Å²) in [5, 5.41) is 5.81. The van der Waals surface area contributed by atoms with Crippen molar-refractivity contribution in [1.29, 1.82) is 0 Å². The first-order chi connectivity index (χ1) is 13.9. The van der Waals surface area contributed by atoms with Crippen LogP contribution in [0.15, 0.2) is 48.7 Å². The summed E-state index contributed by atoms with van der Waals surface area (Å²) in [7, 11) is 1.44. The number of hydrogen-bond acceptors (Lipinski definition) is 6. The van der Waals surface area contributed by atoms with Gasteiger partial charge in [0.1, 0.15) is 5.82 Å². The summed E-state index contributed by atoms with van der Waals surface area (Å²) in [5.74, 6) is -0.526. The molecule has 0 aliphatic carbocycles. The summed E-state index contributed by atoms with van der Waals surface area (Å²) in [6, 6.07) is 10.0. The maximum atomic E-state index is 12.9. The van der Waals surface area contributed by atoms with E-state index >= 15 is 0 Å². The Morgan fingerprint density at radius 3 is 2.52 bits per heavy atom. The Morgan fingerprint density at radius 2 is 1.86 bits per heavy atom. The number of nitrogens with one attached hydrogen (secondary N) is 2. The van der Waals surface area contributed by atoms with Gasteiger partial charge in [0.15, 0.2) is 23.2 Å². The van der Waals surface area contributed by atoms with Crippen LogP contribution in [0.1, 0.15) is 15.2 Å². The molecule has 0 radical (unpaired) electrons. The second-order valence-corrected chi connectivity index (χ2v) is 7.17. The van der Waals surface area contributed by atoms with E-state index in [9.17, 15) is 14.0 Å². The summed E-state index contributed by atoms with van der Waals surface area (Å²) in [4.78, 5) is 29.5. The molecule has 3 aromatic rings. The van der Waals surface area contributed by atoms with Crippen LogP contribution >= 0.6 is 11.3 Å². The molecule has 1 aromatic heterocycles. The molecule has 0 aliphatic rings. The molecule has 1 heterocycles. The highest BCUT2D eigenvalue weighted by Gasteiger charge is 2.14. The van der Waals surface area contributed by atoms with Gasteiger partial charge in [0.05, 0.1) is 7.11 Å². The van der Waals surface area contributed by atoms with Crippen LogP contribution in [0.2, 0.25) is 0 Å². The van der Waals surface area contributed by atoms with E-state index < -0.39 is 11.7 Å². The summed E-state index contributed by atoms with van der Waals surface area (Å²) in [6.07, 6.45) is 1.68. The van der Waals surface area contributed by atoms with Gasteiger partial charge >= 0.3 is 0 Å². The smallest absolute Gasteiger partial charge is 0.262 e. The van der Waals surface area contributed by atoms with Gasteiger partial charge in [-0.25, -0.2) is 9.37 Å². The molecule has 2 amide bonds. The van der Waals surface area contributed by atoms with Crippen molar-refractivity contribution >= 4 is 34.0 Å². The normalized spacial score (nSPS) is 10.3. The first kappa shape index (κ1) is 20.3. The average Bonchev–Trinajstić information content (AvgIpc) is 3.12. The molecule has 0 atom stereocenters. The fourth-order valence-corrected chi connectivity index (χ4v) is 3.04. The number of benzene rings is 2. The molecule has 3 rings (SSSR count). The zero-order valence-electron chi connectivity index (χ0n) is 15.7. The molecule has 9 heteroatoms. The number of aromatic nitrogens is 1. The number of thiazole rings is 1. The highest BCUT2D eigenvalue weighted by molar-refractivity contribution is 7.15. The SMILES string of the molecule is COc1cc(C(=O)Nc2ncc(C)s2)ccc1OCC(=O)Nc1ccc(F)cc1. The van der Waals surface area contributed by atoms with Gasteiger partial charge in [0.2, 0.25) is 0 Å². The predicted molar refractivity (Wildman–Crippen MR) is 108 cm³/mol. The fourth-order valence-electron chi connectivity index (χ4n) is 2.38. The molecule has 0 bridgehead atoms. The molecule has 29 heavy (non-hydrogen) atoms. The third-order valence-electron chi connectivity index (χ3n) is 3.75. The second kappa shape index (κ2) is 9.16. The van der Waals surface area contributed by atoms with Gasteiger partial charge in [-0.15, -0.1) is 11.3 Å².